The lowest BCUT2D eigenvalue weighted by molar-refractivity contribution is -0.124. The van der Waals surface area contributed by atoms with Gasteiger partial charge in [-0.25, -0.2) is 5.48 Å². The second kappa shape index (κ2) is 8.94. The summed E-state index contributed by atoms with van der Waals surface area (Å²) >= 11 is 0. The Labute approximate surface area is 153 Å². The molecule has 0 aliphatic heterocycles. The Kier molecular flexibility index (Phi) is 6.14. The molecule has 0 aliphatic rings. The third kappa shape index (κ3) is 5.02. The van der Waals surface area contributed by atoms with Crippen LogP contribution in [0.15, 0.2) is 72.8 Å². The summed E-state index contributed by atoms with van der Waals surface area (Å²) in [5.74, 6) is -0.538. The van der Waals surface area contributed by atoms with Crippen molar-refractivity contribution >= 4 is 22.8 Å². The third-order valence-corrected chi connectivity index (χ3v) is 4.25. The molecule has 0 atom stereocenters. The molecule has 0 heterocycles. The Hall–Kier alpha value is -2.95. The molecular formula is C22H22N2O2. The van der Waals surface area contributed by atoms with E-state index >= 15 is 0 Å². The number of hydrogen-bond acceptors (Lipinski definition) is 3. The van der Waals surface area contributed by atoms with Crippen molar-refractivity contribution in [3.63, 3.8) is 0 Å². The van der Waals surface area contributed by atoms with Gasteiger partial charge in [-0.2, -0.15) is 0 Å². The molecule has 4 heteroatoms. The van der Waals surface area contributed by atoms with E-state index in [9.17, 15) is 4.79 Å². The van der Waals surface area contributed by atoms with Crippen LogP contribution in [-0.4, -0.2) is 17.7 Å². The zero-order valence-corrected chi connectivity index (χ0v) is 14.5. The van der Waals surface area contributed by atoms with E-state index in [1.807, 2.05) is 24.3 Å². The van der Waals surface area contributed by atoms with Crippen LogP contribution < -0.4 is 10.8 Å². The number of rotatable bonds is 7. The number of fused-ring (bicyclic) bond motifs is 1. The summed E-state index contributed by atoms with van der Waals surface area (Å²) in [7, 11) is 0. The fraction of sp³-hybridized carbons (Fsp3) is 0.136. The van der Waals surface area contributed by atoms with E-state index in [2.05, 4.69) is 47.8 Å². The Morgan fingerprint density at radius 3 is 2.42 bits per heavy atom. The van der Waals surface area contributed by atoms with E-state index < -0.39 is 5.91 Å². The highest BCUT2D eigenvalue weighted by molar-refractivity contribution is 5.90. The molecule has 3 rings (SSSR count). The fourth-order valence-electron chi connectivity index (χ4n) is 2.82. The van der Waals surface area contributed by atoms with E-state index in [1.54, 1.807) is 11.6 Å². The van der Waals surface area contributed by atoms with Crippen LogP contribution in [0.5, 0.6) is 0 Å². The lowest BCUT2D eigenvalue weighted by Crippen LogP contribution is -2.16. The average Bonchev–Trinajstić information content (AvgIpc) is 2.70. The summed E-state index contributed by atoms with van der Waals surface area (Å²) in [5.41, 5.74) is 5.00. The van der Waals surface area contributed by atoms with Gasteiger partial charge in [-0.05, 0) is 46.5 Å². The second-order valence-electron chi connectivity index (χ2n) is 6.16. The Morgan fingerprint density at radius 2 is 1.65 bits per heavy atom. The lowest BCUT2D eigenvalue weighted by atomic mass is 10.1. The highest BCUT2D eigenvalue weighted by Gasteiger charge is 1.98. The Bertz CT molecular complexity index is 901. The van der Waals surface area contributed by atoms with E-state index in [4.69, 9.17) is 5.21 Å². The number of hydrogen-bond donors (Lipinski definition) is 3. The normalized spacial score (nSPS) is 11.1. The Balaban J connectivity index is 1.47. The Morgan fingerprint density at radius 1 is 0.923 bits per heavy atom. The number of amides is 1. The van der Waals surface area contributed by atoms with Gasteiger partial charge in [0.1, 0.15) is 0 Å². The number of carbonyl (C=O) groups is 1. The van der Waals surface area contributed by atoms with Crippen molar-refractivity contribution in [3.8, 4) is 0 Å². The molecule has 26 heavy (non-hydrogen) atoms. The van der Waals surface area contributed by atoms with Gasteiger partial charge in [0.25, 0.3) is 5.91 Å². The molecule has 1 amide bonds. The van der Waals surface area contributed by atoms with Crippen LogP contribution in [0.25, 0.3) is 16.8 Å². The van der Waals surface area contributed by atoms with Gasteiger partial charge in [0.15, 0.2) is 0 Å². The van der Waals surface area contributed by atoms with Crippen molar-refractivity contribution in [2.24, 2.45) is 0 Å². The maximum absolute atomic E-state index is 11.0. The van der Waals surface area contributed by atoms with Gasteiger partial charge in [0.2, 0.25) is 0 Å². The average molecular weight is 346 g/mol. The van der Waals surface area contributed by atoms with Gasteiger partial charge in [0, 0.05) is 12.6 Å². The molecule has 0 saturated heterocycles. The van der Waals surface area contributed by atoms with E-state index in [0.717, 1.165) is 25.1 Å². The van der Waals surface area contributed by atoms with Crippen LogP contribution in [0.4, 0.5) is 0 Å². The molecule has 3 aromatic rings. The molecule has 0 aromatic heterocycles. The van der Waals surface area contributed by atoms with Gasteiger partial charge < -0.3 is 5.32 Å². The van der Waals surface area contributed by atoms with Crippen LogP contribution in [0.2, 0.25) is 0 Å². The quantitative estimate of drug-likeness (QED) is 0.265. The summed E-state index contributed by atoms with van der Waals surface area (Å²) in [6.45, 7) is 1.71. The molecule has 3 N–H and O–H groups in total. The van der Waals surface area contributed by atoms with Gasteiger partial charge in [0.05, 0.1) is 0 Å². The zero-order chi connectivity index (χ0) is 18.2. The molecule has 0 aliphatic carbocycles. The third-order valence-electron chi connectivity index (χ3n) is 4.25. The van der Waals surface area contributed by atoms with Crippen molar-refractivity contribution in [2.75, 3.05) is 6.54 Å². The minimum atomic E-state index is -0.538. The molecule has 3 aromatic carbocycles. The fourth-order valence-corrected chi connectivity index (χ4v) is 2.82. The first kappa shape index (κ1) is 17.9. The monoisotopic (exact) mass is 346 g/mol. The van der Waals surface area contributed by atoms with E-state index in [-0.39, 0.29) is 0 Å². The predicted octanol–water partition coefficient (Wildman–Crippen LogP) is 3.69. The molecule has 132 valence electrons. The molecule has 0 spiro atoms. The van der Waals surface area contributed by atoms with Crippen LogP contribution in [0.3, 0.4) is 0 Å². The molecule has 0 radical (unpaired) electrons. The molecule has 0 bridgehead atoms. The lowest BCUT2D eigenvalue weighted by Gasteiger charge is -2.07. The van der Waals surface area contributed by atoms with E-state index in [1.165, 1.54) is 28.0 Å². The summed E-state index contributed by atoms with van der Waals surface area (Å²) < 4.78 is 0. The summed E-state index contributed by atoms with van der Waals surface area (Å²) in [6, 6.07) is 23.0. The largest absolute Gasteiger partial charge is 0.312 e. The maximum Gasteiger partial charge on any atom is 0.267 e. The van der Waals surface area contributed by atoms with Crippen molar-refractivity contribution < 1.29 is 10.0 Å². The first-order valence-electron chi connectivity index (χ1n) is 8.64. The molecule has 0 fully saturated rings. The minimum absolute atomic E-state index is 0.538. The number of nitrogens with one attached hydrogen (secondary N) is 2. The number of hydroxylamine groups is 1. The first-order chi connectivity index (χ1) is 12.7. The molecular weight excluding hydrogens is 324 g/mol. The van der Waals surface area contributed by atoms with Gasteiger partial charge in [-0.15, -0.1) is 0 Å². The van der Waals surface area contributed by atoms with Crippen LogP contribution in [0.1, 0.15) is 16.7 Å². The summed E-state index contributed by atoms with van der Waals surface area (Å²) in [5, 5.41) is 14.5. The predicted molar refractivity (Wildman–Crippen MR) is 105 cm³/mol. The number of benzene rings is 3. The second-order valence-corrected chi connectivity index (χ2v) is 6.16. The van der Waals surface area contributed by atoms with E-state index in [0.29, 0.717) is 0 Å². The topological polar surface area (TPSA) is 61.4 Å². The maximum atomic E-state index is 11.0. The van der Waals surface area contributed by atoms with Crippen LogP contribution >= 0.6 is 0 Å². The van der Waals surface area contributed by atoms with Crippen LogP contribution in [-0.2, 0) is 17.8 Å². The first-order valence-corrected chi connectivity index (χ1v) is 8.64. The highest BCUT2D eigenvalue weighted by atomic mass is 16.5. The SMILES string of the molecule is O=C(/C=C/c1ccc(CNCCc2ccc3ccccc3c2)cc1)NO. The minimum Gasteiger partial charge on any atom is -0.312 e. The summed E-state index contributed by atoms with van der Waals surface area (Å²) in [4.78, 5) is 11.0. The zero-order valence-electron chi connectivity index (χ0n) is 14.5. The van der Waals surface area contributed by atoms with Crippen LogP contribution in [0, 0.1) is 0 Å². The van der Waals surface area contributed by atoms with Crippen molar-refractivity contribution in [1.82, 2.24) is 10.8 Å². The molecule has 4 nitrogen and oxygen atoms in total. The molecule has 0 saturated carbocycles. The smallest absolute Gasteiger partial charge is 0.267 e. The van der Waals surface area contributed by atoms with Gasteiger partial charge in [-0.1, -0.05) is 66.7 Å². The standard InChI is InChI=1S/C22H22N2O2/c25-22(24-26)12-10-17-5-7-19(8-6-17)16-23-14-13-18-9-11-20-3-1-2-4-21(20)15-18/h1-12,15,23,26H,13-14,16H2,(H,24,25)/b12-10+. The summed E-state index contributed by atoms with van der Waals surface area (Å²) in [6.07, 6.45) is 3.93. The van der Waals surface area contributed by atoms with Gasteiger partial charge >= 0.3 is 0 Å². The molecule has 0 unspecified atom stereocenters. The highest BCUT2D eigenvalue weighted by Crippen LogP contribution is 2.15. The van der Waals surface area contributed by atoms with Crippen molar-refractivity contribution in [3.05, 3.63) is 89.5 Å². The number of carbonyl (C=O) groups excluding carboxylic acids is 1. The van der Waals surface area contributed by atoms with Crippen molar-refractivity contribution in [1.29, 1.82) is 0 Å². The van der Waals surface area contributed by atoms with Crippen molar-refractivity contribution in [2.45, 2.75) is 13.0 Å². The van der Waals surface area contributed by atoms with Gasteiger partial charge in [-0.3, -0.25) is 10.0 Å².